The van der Waals surface area contributed by atoms with Crippen molar-refractivity contribution in [3.8, 4) is 0 Å². The number of nitrogens with zero attached hydrogens (tertiary/aromatic N) is 1. The quantitative estimate of drug-likeness (QED) is 0.847. The Bertz CT molecular complexity index is 596. The van der Waals surface area contributed by atoms with Gasteiger partial charge < -0.3 is 14.6 Å². The van der Waals surface area contributed by atoms with Crippen LogP contribution in [-0.2, 0) is 11.3 Å². The standard InChI is InChI=1S/C14H15BrN2O3/c1-9(15)11-5-3-4-6-12(11)16-14(18)13-7-10(8-19-2)20-17-13/h3-7,9H,8H2,1-2H3,(H,16,18). The predicted octanol–water partition coefficient (Wildman–Crippen LogP) is 3.53. The van der Waals surface area contributed by atoms with Crippen LogP contribution in [0.1, 0.15) is 33.6 Å². The zero-order valence-corrected chi connectivity index (χ0v) is 12.8. The number of carbonyl (C=O) groups is 1. The fourth-order valence-electron chi connectivity index (χ4n) is 1.77. The number of hydrogen-bond donors (Lipinski definition) is 1. The van der Waals surface area contributed by atoms with E-state index in [1.54, 1.807) is 13.2 Å². The second-order valence-electron chi connectivity index (χ2n) is 4.27. The molecule has 0 radical (unpaired) electrons. The molecule has 0 saturated heterocycles. The van der Waals surface area contributed by atoms with Crippen molar-refractivity contribution in [2.45, 2.75) is 18.4 Å². The second kappa shape index (κ2) is 6.67. The first-order valence-electron chi connectivity index (χ1n) is 6.10. The van der Waals surface area contributed by atoms with E-state index in [1.165, 1.54) is 0 Å². The van der Waals surface area contributed by atoms with Crippen molar-refractivity contribution in [3.05, 3.63) is 47.3 Å². The molecular weight excluding hydrogens is 324 g/mol. The monoisotopic (exact) mass is 338 g/mol. The summed E-state index contributed by atoms with van der Waals surface area (Å²) in [5, 5.41) is 6.56. The molecule has 2 rings (SSSR count). The number of anilines is 1. The molecule has 6 heteroatoms. The maximum absolute atomic E-state index is 12.1. The van der Waals surface area contributed by atoms with Crippen LogP contribution in [0.5, 0.6) is 0 Å². The minimum absolute atomic E-state index is 0.139. The van der Waals surface area contributed by atoms with Crippen molar-refractivity contribution >= 4 is 27.5 Å². The maximum atomic E-state index is 12.1. The summed E-state index contributed by atoms with van der Waals surface area (Å²) in [7, 11) is 1.55. The van der Waals surface area contributed by atoms with Gasteiger partial charge in [0.25, 0.3) is 5.91 Å². The highest BCUT2D eigenvalue weighted by molar-refractivity contribution is 9.09. The Balaban J connectivity index is 2.15. The Morgan fingerprint density at radius 1 is 1.50 bits per heavy atom. The topological polar surface area (TPSA) is 64.4 Å². The third kappa shape index (κ3) is 3.46. The van der Waals surface area contributed by atoms with Gasteiger partial charge in [0.1, 0.15) is 6.61 Å². The minimum atomic E-state index is -0.309. The van der Waals surface area contributed by atoms with Crippen molar-refractivity contribution < 1.29 is 14.1 Å². The van der Waals surface area contributed by atoms with Crippen LogP contribution < -0.4 is 5.32 Å². The molecule has 20 heavy (non-hydrogen) atoms. The number of nitrogens with one attached hydrogen (secondary N) is 1. The number of halogens is 1. The summed E-state index contributed by atoms with van der Waals surface area (Å²) in [6.45, 7) is 2.28. The van der Waals surface area contributed by atoms with Gasteiger partial charge in [-0.2, -0.15) is 0 Å². The van der Waals surface area contributed by atoms with Gasteiger partial charge in [-0.05, 0) is 18.6 Å². The van der Waals surface area contributed by atoms with E-state index in [-0.39, 0.29) is 23.0 Å². The lowest BCUT2D eigenvalue weighted by molar-refractivity contribution is 0.101. The van der Waals surface area contributed by atoms with Gasteiger partial charge in [-0.3, -0.25) is 4.79 Å². The fraction of sp³-hybridized carbons (Fsp3) is 0.286. The van der Waals surface area contributed by atoms with Crippen LogP contribution in [0.2, 0.25) is 0 Å². The number of para-hydroxylation sites is 1. The molecule has 1 unspecified atom stereocenters. The molecule has 0 spiro atoms. The molecular formula is C14H15BrN2O3. The lowest BCUT2D eigenvalue weighted by Crippen LogP contribution is -2.13. The Kier molecular flexibility index (Phi) is 4.92. The van der Waals surface area contributed by atoms with Crippen LogP contribution >= 0.6 is 15.9 Å². The number of carbonyl (C=O) groups excluding carboxylic acids is 1. The van der Waals surface area contributed by atoms with E-state index in [9.17, 15) is 4.79 Å². The number of amides is 1. The first-order chi connectivity index (χ1) is 9.61. The molecule has 1 heterocycles. The van der Waals surface area contributed by atoms with Crippen LogP contribution in [0, 0.1) is 0 Å². The molecule has 1 N–H and O–H groups in total. The molecule has 5 nitrogen and oxygen atoms in total. The van der Waals surface area contributed by atoms with E-state index in [0.29, 0.717) is 5.76 Å². The molecule has 1 aromatic heterocycles. The zero-order chi connectivity index (χ0) is 14.5. The van der Waals surface area contributed by atoms with Crippen molar-refractivity contribution in [3.63, 3.8) is 0 Å². The van der Waals surface area contributed by atoms with E-state index in [0.717, 1.165) is 11.3 Å². The molecule has 0 aliphatic rings. The van der Waals surface area contributed by atoms with Gasteiger partial charge in [-0.15, -0.1) is 0 Å². The maximum Gasteiger partial charge on any atom is 0.277 e. The van der Waals surface area contributed by atoms with Gasteiger partial charge >= 0.3 is 0 Å². The van der Waals surface area contributed by atoms with Gasteiger partial charge in [0, 0.05) is 23.7 Å². The molecule has 2 aromatic rings. The number of benzene rings is 1. The van der Waals surface area contributed by atoms with Crippen LogP contribution in [-0.4, -0.2) is 18.2 Å². The first-order valence-corrected chi connectivity index (χ1v) is 7.02. The predicted molar refractivity (Wildman–Crippen MR) is 79.0 cm³/mol. The Hall–Kier alpha value is -1.66. The summed E-state index contributed by atoms with van der Waals surface area (Å²) in [5.74, 6) is 0.205. The number of aromatic nitrogens is 1. The SMILES string of the molecule is COCc1cc(C(=O)Nc2ccccc2C(C)Br)no1. The van der Waals surface area contributed by atoms with Gasteiger partial charge in [0.15, 0.2) is 11.5 Å². The third-order valence-electron chi connectivity index (χ3n) is 2.72. The number of rotatable bonds is 5. The summed E-state index contributed by atoms with van der Waals surface area (Å²) >= 11 is 3.50. The summed E-state index contributed by atoms with van der Waals surface area (Å²) in [6, 6.07) is 9.16. The largest absolute Gasteiger partial charge is 0.377 e. The van der Waals surface area contributed by atoms with Crippen molar-refractivity contribution in [1.82, 2.24) is 5.16 Å². The summed E-state index contributed by atoms with van der Waals surface area (Å²) in [6.07, 6.45) is 0. The second-order valence-corrected chi connectivity index (χ2v) is 5.64. The van der Waals surface area contributed by atoms with E-state index in [4.69, 9.17) is 9.26 Å². The molecule has 0 fully saturated rings. The van der Waals surface area contributed by atoms with Crippen LogP contribution in [0.4, 0.5) is 5.69 Å². The number of hydrogen-bond acceptors (Lipinski definition) is 4. The highest BCUT2D eigenvalue weighted by atomic mass is 79.9. The zero-order valence-electron chi connectivity index (χ0n) is 11.2. The van der Waals surface area contributed by atoms with E-state index in [1.807, 2.05) is 31.2 Å². The number of methoxy groups -OCH3 is 1. The molecule has 1 atom stereocenters. The third-order valence-corrected chi connectivity index (χ3v) is 3.21. The van der Waals surface area contributed by atoms with E-state index >= 15 is 0 Å². The summed E-state index contributed by atoms with van der Waals surface area (Å²) in [4.78, 5) is 12.3. The Morgan fingerprint density at radius 2 is 2.25 bits per heavy atom. The molecule has 0 bridgehead atoms. The molecule has 1 aromatic carbocycles. The van der Waals surface area contributed by atoms with Gasteiger partial charge in [0.2, 0.25) is 0 Å². The number of ether oxygens (including phenoxy) is 1. The Morgan fingerprint density at radius 3 is 2.95 bits per heavy atom. The van der Waals surface area contributed by atoms with Crippen molar-refractivity contribution in [2.75, 3.05) is 12.4 Å². The lowest BCUT2D eigenvalue weighted by Gasteiger charge is -2.11. The summed E-state index contributed by atoms with van der Waals surface area (Å²) in [5.41, 5.74) is 1.98. The van der Waals surface area contributed by atoms with Gasteiger partial charge in [-0.1, -0.05) is 39.3 Å². The lowest BCUT2D eigenvalue weighted by atomic mass is 10.1. The molecule has 106 valence electrons. The highest BCUT2D eigenvalue weighted by Gasteiger charge is 2.15. The van der Waals surface area contributed by atoms with Gasteiger partial charge in [-0.25, -0.2) is 0 Å². The van der Waals surface area contributed by atoms with Gasteiger partial charge in [0.05, 0.1) is 0 Å². The molecule has 1 amide bonds. The van der Waals surface area contributed by atoms with Crippen LogP contribution in [0.15, 0.2) is 34.9 Å². The molecule has 0 aliphatic heterocycles. The van der Waals surface area contributed by atoms with Crippen molar-refractivity contribution in [2.24, 2.45) is 0 Å². The summed E-state index contributed by atoms with van der Waals surface area (Å²) < 4.78 is 9.91. The van der Waals surface area contributed by atoms with E-state index in [2.05, 4.69) is 26.4 Å². The highest BCUT2D eigenvalue weighted by Crippen LogP contribution is 2.28. The molecule has 0 aliphatic carbocycles. The minimum Gasteiger partial charge on any atom is -0.377 e. The average molecular weight is 339 g/mol. The van der Waals surface area contributed by atoms with Crippen molar-refractivity contribution in [1.29, 1.82) is 0 Å². The first kappa shape index (κ1) is 14.7. The van der Waals surface area contributed by atoms with Crippen LogP contribution in [0.25, 0.3) is 0 Å². The normalized spacial score (nSPS) is 12.2. The van der Waals surface area contributed by atoms with Crippen LogP contribution in [0.3, 0.4) is 0 Å². The van der Waals surface area contributed by atoms with E-state index < -0.39 is 0 Å². The molecule has 0 saturated carbocycles. The smallest absolute Gasteiger partial charge is 0.277 e. The Labute approximate surface area is 125 Å². The fourth-order valence-corrected chi connectivity index (χ4v) is 2.17. The average Bonchev–Trinajstić information content (AvgIpc) is 2.88. The number of alkyl halides is 1.